The summed E-state index contributed by atoms with van der Waals surface area (Å²) in [4.78, 5) is 0. The van der Waals surface area contributed by atoms with Gasteiger partial charge in [0.2, 0.25) is 0 Å². The highest BCUT2D eigenvalue weighted by molar-refractivity contribution is 7.84. The van der Waals surface area contributed by atoms with E-state index in [-0.39, 0.29) is 6.54 Å². The monoisotopic (exact) mass is 357 g/mol. The van der Waals surface area contributed by atoms with E-state index in [4.69, 9.17) is 8.92 Å². The highest BCUT2D eigenvalue weighted by atomic mass is 32.2. The van der Waals surface area contributed by atoms with Gasteiger partial charge < -0.3 is 8.92 Å². The standard InChI is InChI=1S/C17H15N3O4S/c1-23-14-8-6-13(7-9-14)10-11-17-12-18-19-20(17)25(21,22)24-16-5-3-2-4-15(16)17/h2-11H,12H2,1H3/b11-10+. The molecule has 1 atom stereocenters. The van der Waals surface area contributed by atoms with Crippen molar-refractivity contribution in [2.75, 3.05) is 13.7 Å². The molecular formula is C17H15N3O4S. The second kappa shape index (κ2) is 5.59. The molecule has 2 aliphatic heterocycles. The van der Waals surface area contributed by atoms with E-state index in [2.05, 4.69) is 10.3 Å². The van der Waals surface area contributed by atoms with E-state index in [9.17, 15) is 8.42 Å². The van der Waals surface area contributed by atoms with Gasteiger partial charge in [-0.15, -0.1) is 4.41 Å². The maximum atomic E-state index is 12.4. The first-order chi connectivity index (χ1) is 12.0. The van der Waals surface area contributed by atoms with Crippen LogP contribution in [0.3, 0.4) is 0 Å². The Morgan fingerprint density at radius 2 is 1.96 bits per heavy atom. The van der Waals surface area contributed by atoms with Crippen LogP contribution in [0.15, 0.2) is 64.9 Å². The van der Waals surface area contributed by atoms with Crippen LogP contribution in [-0.2, 0) is 15.8 Å². The molecule has 0 fully saturated rings. The molecule has 0 bridgehead atoms. The quantitative estimate of drug-likeness (QED) is 0.846. The Bertz CT molecular complexity index is 970. The lowest BCUT2D eigenvalue weighted by atomic mass is 9.89. The summed E-state index contributed by atoms with van der Waals surface area (Å²) in [6, 6.07) is 14.5. The van der Waals surface area contributed by atoms with Crippen LogP contribution in [0.5, 0.6) is 11.5 Å². The van der Waals surface area contributed by atoms with E-state index in [1.807, 2.05) is 42.5 Å². The second-order valence-electron chi connectivity index (χ2n) is 5.70. The topological polar surface area (TPSA) is 80.6 Å². The van der Waals surface area contributed by atoms with Crippen molar-refractivity contribution in [2.45, 2.75) is 5.54 Å². The van der Waals surface area contributed by atoms with E-state index in [1.54, 1.807) is 25.3 Å². The molecule has 0 spiro atoms. The molecule has 0 aliphatic carbocycles. The van der Waals surface area contributed by atoms with Crippen LogP contribution in [0.2, 0.25) is 0 Å². The van der Waals surface area contributed by atoms with Gasteiger partial charge in [0.1, 0.15) is 11.3 Å². The van der Waals surface area contributed by atoms with Crippen LogP contribution in [-0.4, -0.2) is 26.5 Å². The summed E-state index contributed by atoms with van der Waals surface area (Å²) in [6.45, 7) is 0.194. The van der Waals surface area contributed by atoms with Crippen molar-refractivity contribution in [2.24, 2.45) is 10.3 Å². The molecule has 2 aromatic carbocycles. The van der Waals surface area contributed by atoms with E-state index in [1.165, 1.54) is 0 Å². The Morgan fingerprint density at radius 1 is 1.20 bits per heavy atom. The van der Waals surface area contributed by atoms with Gasteiger partial charge in [-0.3, -0.25) is 0 Å². The summed E-state index contributed by atoms with van der Waals surface area (Å²) >= 11 is 0. The molecule has 1 unspecified atom stereocenters. The normalized spacial score (nSPS) is 23.2. The number of nitrogens with zero attached hydrogens (tertiary/aromatic N) is 3. The summed E-state index contributed by atoms with van der Waals surface area (Å²) in [7, 11) is -2.44. The van der Waals surface area contributed by atoms with E-state index >= 15 is 0 Å². The third-order valence-corrected chi connectivity index (χ3v) is 5.44. The largest absolute Gasteiger partial charge is 0.497 e. The van der Waals surface area contributed by atoms with E-state index in [0.29, 0.717) is 11.3 Å². The summed E-state index contributed by atoms with van der Waals surface area (Å²) < 4.78 is 36.1. The molecule has 25 heavy (non-hydrogen) atoms. The smallest absolute Gasteiger partial charge is 0.427 e. The van der Waals surface area contributed by atoms with Gasteiger partial charge in [0.05, 0.1) is 13.7 Å². The Labute approximate surface area is 145 Å². The molecule has 2 aromatic rings. The molecule has 0 saturated carbocycles. The Morgan fingerprint density at radius 3 is 2.72 bits per heavy atom. The van der Waals surface area contributed by atoms with Gasteiger partial charge in [0.25, 0.3) is 0 Å². The molecule has 0 radical (unpaired) electrons. The van der Waals surface area contributed by atoms with Crippen molar-refractivity contribution < 1.29 is 17.3 Å². The van der Waals surface area contributed by atoms with E-state index < -0.39 is 15.8 Å². The van der Waals surface area contributed by atoms with Gasteiger partial charge in [-0.2, -0.15) is 13.5 Å². The van der Waals surface area contributed by atoms with Gasteiger partial charge in [0, 0.05) is 5.56 Å². The van der Waals surface area contributed by atoms with Crippen LogP contribution in [0.1, 0.15) is 11.1 Å². The number of hydrogen-bond donors (Lipinski definition) is 0. The predicted octanol–water partition coefficient (Wildman–Crippen LogP) is 2.92. The number of para-hydroxylation sites is 1. The summed E-state index contributed by atoms with van der Waals surface area (Å²) in [6.07, 6.45) is 3.65. The fourth-order valence-corrected chi connectivity index (χ4v) is 4.17. The predicted molar refractivity (Wildman–Crippen MR) is 91.3 cm³/mol. The minimum absolute atomic E-state index is 0.194. The fourth-order valence-electron chi connectivity index (χ4n) is 2.97. The number of benzene rings is 2. The Kier molecular flexibility index (Phi) is 3.50. The minimum atomic E-state index is -4.05. The molecule has 128 valence electrons. The molecule has 0 saturated heterocycles. The summed E-state index contributed by atoms with van der Waals surface area (Å²) in [5.74, 6) is 1.05. The van der Waals surface area contributed by atoms with Crippen molar-refractivity contribution in [3.8, 4) is 11.5 Å². The summed E-state index contributed by atoms with van der Waals surface area (Å²) in [5, 5.41) is 7.75. The number of rotatable bonds is 3. The van der Waals surface area contributed by atoms with Crippen LogP contribution < -0.4 is 8.92 Å². The molecule has 4 rings (SSSR count). The average Bonchev–Trinajstić information content (AvgIpc) is 3.07. The van der Waals surface area contributed by atoms with Crippen molar-refractivity contribution in [3.05, 3.63) is 65.7 Å². The first kappa shape index (κ1) is 15.6. The molecular weight excluding hydrogens is 342 g/mol. The van der Waals surface area contributed by atoms with Crippen LogP contribution in [0, 0.1) is 0 Å². The molecule has 7 nitrogen and oxygen atoms in total. The lowest BCUT2D eigenvalue weighted by Gasteiger charge is -2.37. The van der Waals surface area contributed by atoms with Gasteiger partial charge in [-0.05, 0) is 29.8 Å². The third-order valence-electron chi connectivity index (χ3n) is 4.23. The minimum Gasteiger partial charge on any atom is -0.497 e. The zero-order valence-electron chi connectivity index (χ0n) is 13.4. The first-order valence-electron chi connectivity index (χ1n) is 7.60. The Hall–Kier alpha value is -2.87. The fraction of sp³-hybridized carbons (Fsp3) is 0.176. The van der Waals surface area contributed by atoms with Gasteiger partial charge in [-0.25, -0.2) is 0 Å². The number of ether oxygens (including phenoxy) is 1. The maximum absolute atomic E-state index is 12.4. The SMILES string of the molecule is COc1ccc(/C=C/C23CN=NN2S(=O)(=O)Oc2ccccc23)cc1. The van der Waals surface area contributed by atoms with E-state index in [0.717, 1.165) is 15.7 Å². The number of methoxy groups -OCH3 is 1. The maximum Gasteiger partial charge on any atom is 0.427 e. The highest BCUT2D eigenvalue weighted by Crippen LogP contribution is 2.46. The lowest BCUT2D eigenvalue weighted by Crippen LogP contribution is -2.49. The van der Waals surface area contributed by atoms with Gasteiger partial charge in [0.15, 0.2) is 5.75 Å². The van der Waals surface area contributed by atoms with Crippen molar-refractivity contribution >= 4 is 16.4 Å². The molecule has 2 heterocycles. The van der Waals surface area contributed by atoms with Crippen LogP contribution in [0.25, 0.3) is 6.08 Å². The number of hydrogen-bond acceptors (Lipinski definition) is 6. The molecule has 0 amide bonds. The molecule has 0 aromatic heterocycles. The zero-order valence-corrected chi connectivity index (χ0v) is 14.2. The first-order valence-corrected chi connectivity index (χ1v) is 8.97. The van der Waals surface area contributed by atoms with Crippen LogP contribution in [0.4, 0.5) is 0 Å². The highest BCUT2D eigenvalue weighted by Gasteiger charge is 2.53. The van der Waals surface area contributed by atoms with Crippen molar-refractivity contribution in [1.29, 1.82) is 0 Å². The van der Waals surface area contributed by atoms with Gasteiger partial charge in [-0.1, -0.05) is 41.6 Å². The number of fused-ring (bicyclic) bond motifs is 3. The third kappa shape index (κ3) is 2.45. The molecule has 8 heteroatoms. The lowest BCUT2D eigenvalue weighted by molar-refractivity contribution is 0.244. The second-order valence-corrected chi connectivity index (χ2v) is 7.07. The zero-order chi connectivity index (χ0) is 17.5. The average molecular weight is 357 g/mol. The molecule has 0 N–H and O–H groups in total. The van der Waals surface area contributed by atoms with Crippen molar-refractivity contribution in [1.82, 2.24) is 4.41 Å². The van der Waals surface area contributed by atoms with Gasteiger partial charge >= 0.3 is 10.3 Å². The summed E-state index contributed by atoms with van der Waals surface area (Å²) in [5.41, 5.74) is 0.594. The Balaban J connectivity index is 1.81. The molecule has 2 aliphatic rings. The van der Waals surface area contributed by atoms with Crippen molar-refractivity contribution in [3.63, 3.8) is 0 Å². The van der Waals surface area contributed by atoms with Crippen LogP contribution >= 0.6 is 0 Å².